The Morgan fingerprint density at radius 1 is 1.54 bits per heavy atom. The van der Waals surface area contributed by atoms with Crippen LogP contribution in [0.1, 0.15) is 22.6 Å². The van der Waals surface area contributed by atoms with Gasteiger partial charge < -0.3 is 20.1 Å². The van der Waals surface area contributed by atoms with E-state index in [-0.39, 0.29) is 17.2 Å². The number of benzene rings is 1. The number of imidazole rings is 1. The monoisotopic (exact) mass is 330 g/mol. The fourth-order valence-electron chi connectivity index (χ4n) is 2.98. The summed E-state index contributed by atoms with van der Waals surface area (Å²) >= 11 is 0. The quantitative estimate of drug-likeness (QED) is 0.744. The van der Waals surface area contributed by atoms with E-state index < -0.39 is 0 Å². The van der Waals surface area contributed by atoms with Gasteiger partial charge in [-0.05, 0) is 31.0 Å². The number of aromatic hydroxyl groups is 1. The van der Waals surface area contributed by atoms with Crippen LogP contribution in [0.25, 0.3) is 0 Å². The Balaban J connectivity index is 1.48. The van der Waals surface area contributed by atoms with Crippen molar-refractivity contribution in [3.63, 3.8) is 0 Å². The largest absolute Gasteiger partial charge is 0.507 e. The summed E-state index contributed by atoms with van der Waals surface area (Å²) in [7, 11) is 1.52. The van der Waals surface area contributed by atoms with Gasteiger partial charge in [0.05, 0.1) is 19.2 Å². The number of aromatic nitrogens is 2. The van der Waals surface area contributed by atoms with E-state index in [0.717, 1.165) is 31.9 Å². The molecule has 7 nitrogen and oxygen atoms in total. The van der Waals surface area contributed by atoms with Crippen molar-refractivity contribution in [2.24, 2.45) is 5.92 Å². The number of phenols is 1. The normalized spacial score (nSPS) is 17.8. The molecule has 3 N–H and O–H groups in total. The lowest BCUT2D eigenvalue weighted by Gasteiger charge is -2.15. The van der Waals surface area contributed by atoms with Gasteiger partial charge in [0.1, 0.15) is 17.3 Å². The molecule has 2 aromatic rings. The van der Waals surface area contributed by atoms with E-state index >= 15 is 0 Å². The minimum Gasteiger partial charge on any atom is -0.507 e. The van der Waals surface area contributed by atoms with Crippen LogP contribution in [0.2, 0.25) is 0 Å². The zero-order valence-corrected chi connectivity index (χ0v) is 13.7. The van der Waals surface area contributed by atoms with Crippen molar-refractivity contribution in [3.8, 4) is 11.5 Å². The molecule has 0 bridgehead atoms. The number of phenolic OH excluding ortho intramolecular Hbond substituents is 1. The van der Waals surface area contributed by atoms with Gasteiger partial charge in [0.2, 0.25) is 0 Å². The summed E-state index contributed by atoms with van der Waals surface area (Å²) in [5, 5.41) is 12.8. The standard InChI is InChI=1S/C17H22N4O3/c1-24-13-2-3-14(15(22)8-13)17(23)20-9-12-4-7-21(10-12)11-16-18-5-6-19-16/h2-3,5-6,8,12,22H,4,7,9-11H2,1H3,(H,18,19)(H,20,23)/t12-/m0/s1. The third kappa shape index (κ3) is 3.86. The maximum absolute atomic E-state index is 12.2. The van der Waals surface area contributed by atoms with Crippen molar-refractivity contribution in [3.05, 3.63) is 42.0 Å². The number of rotatable bonds is 6. The zero-order chi connectivity index (χ0) is 16.9. The van der Waals surface area contributed by atoms with E-state index in [0.29, 0.717) is 18.2 Å². The average molecular weight is 330 g/mol. The molecule has 0 saturated carbocycles. The highest BCUT2D eigenvalue weighted by atomic mass is 16.5. The summed E-state index contributed by atoms with van der Waals surface area (Å²) in [5.41, 5.74) is 0.265. The summed E-state index contributed by atoms with van der Waals surface area (Å²) in [6.45, 7) is 3.32. The van der Waals surface area contributed by atoms with Crippen LogP contribution >= 0.6 is 0 Å². The highest BCUT2D eigenvalue weighted by molar-refractivity contribution is 5.97. The fourth-order valence-corrected chi connectivity index (χ4v) is 2.98. The Labute approximate surface area is 140 Å². The van der Waals surface area contributed by atoms with Crippen LogP contribution in [-0.2, 0) is 6.54 Å². The van der Waals surface area contributed by atoms with Gasteiger partial charge in [0.15, 0.2) is 0 Å². The molecule has 1 aromatic carbocycles. The van der Waals surface area contributed by atoms with Crippen LogP contribution in [0, 0.1) is 5.92 Å². The van der Waals surface area contributed by atoms with Crippen molar-refractivity contribution >= 4 is 5.91 Å². The molecule has 7 heteroatoms. The topological polar surface area (TPSA) is 90.5 Å². The molecule has 0 radical (unpaired) electrons. The van der Waals surface area contributed by atoms with Crippen LogP contribution in [0.3, 0.4) is 0 Å². The van der Waals surface area contributed by atoms with Gasteiger partial charge in [0.25, 0.3) is 5.91 Å². The van der Waals surface area contributed by atoms with Crippen molar-refractivity contribution in [2.75, 3.05) is 26.7 Å². The molecular weight excluding hydrogens is 308 g/mol. The first-order valence-corrected chi connectivity index (χ1v) is 8.01. The zero-order valence-electron chi connectivity index (χ0n) is 13.7. The molecule has 128 valence electrons. The number of aromatic amines is 1. The fraction of sp³-hybridized carbons (Fsp3) is 0.412. The Kier molecular flexibility index (Phi) is 5.00. The smallest absolute Gasteiger partial charge is 0.255 e. The first-order chi connectivity index (χ1) is 11.7. The second kappa shape index (κ2) is 7.35. The van der Waals surface area contributed by atoms with Crippen LogP contribution in [0.4, 0.5) is 0 Å². The van der Waals surface area contributed by atoms with E-state index in [4.69, 9.17) is 4.74 Å². The molecule has 3 rings (SSSR count). The molecule has 0 aliphatic carbocycles. The van der Waals surface area contributed by atoms with Gasteiger partial charge in [-0.25, -0.2) is 4.98 Å². The van der Waals surface area contributed by atoms with Crippen molar-refractivity contribution in [1.29, 1.82) is 0 Å². The molecule has 1 aromatic heterocycles. The van der Waals surface area contributed by atoms with E-state index in [2.05, 4.69) is 20.2 Å². The summed E-state index contributed by atoms with van der Waals surface area (Å²) < 4.78 is 5.02. The maximum Gasteiger partial charge on any atom is 0.255 e. The van der Waals surface area contributed by atoms with Crippen LogP contribution in [0.15, 0.2) is 30.6 Å². The number of methoxy groups -OCH3 is 1. The second-order valence-electron chi connectivity index (χ2n) is 6.02. The van der Waals surface area contributed by atoms with Crippen molar-refractivity contribution < 1.29 is 14.6 Å². The summed E-state index contributed by atoms with van der Waals surface area (Å²) in [4.78, 5) is 21.9. The average Bonchev–Trinajstić information content (AvgIpc) is 3.25. The molecule has 0 unspecified atom stereocenters. The number of hydrogen-bond donors (Lipinski definition) is 3. The molecule has 1 aliphatic rings. The van der Waals surface area contributed by atoms with Crippen molar-refractivity contribution in [2.45, 2.75) is 13.0 Å². The third-order valence-electron chi connectivity index (χ3n) is 4.30. The Hall–Kier alpha value is -2.54. The summed E-state index contributed by atoms with van der Waals surface area (Å²) in [6.07, 6.45) is 4.62. The molecule has 1 atom stereocenters. The third-order valence-corrected chi connectivity index (χ3v) is 4.30. The van der Waals surface area contributed by atoms with E-state index in [9.17, 15) is 9.90 Å². The molecule has 24 heavy (non-hydrogen) atoms. The molecule has 2 heterocycles. The molecule has 0 spiro atoms. The predicted molar refractivity (Wildman–Crippen MR) is 89.0 cm³/mol. The SMILES string of the molecule is COc1ccc(C(=O)NC[C@@H]2CCN(Cc3ncc[nH]3)C2)c(O)c1. The van der Waals surface area contributed by atoms with Gasteiger partial charge in [-0.3, -0.25) is 9.69 Å². The Bertz CT molecular complexity index is 687. The lowest BCUT2D eigenvalue weighted by atomic mass is 10.1. The van der Waals surface area contributed by atoms with E-state index in [1.54, 1.807) is 18.3 Å². The van der Waals surface area contributed by atoms with Gasteiger partial charge in [-0.15, -0.1) is 0 Å². The number of nitrogens with zero attached hydrogens (tertiary/aromatic N) is 2. The van der Waals surface area contributed by atoms with Gasteiger partial charge in [-0.1, -0.05) is 0 Å². The van der Waals surface area contributed by atoms with Gasteiger partial charge in [-0.2, -0.15) is 0 Å². The minimum absolute atomic E-state index is 0.0716. The number of nitrogens with one attached hydrogen (secondary N) is 2. The lowest BCUT2D eigenvalue weighted by molar-refractivity contribution is 0.0944. The van der Waals surface area contributed by atoms with Crippen LogP contribution in [0.5, 0.6) is 11.5 Å². The molecule has 1 fully saturated rings. The van der Waals surface area contributed by atoms with Crippen molar-refractivity contribution in [1.82, 2.24) is 20.2 Å². The molecule has 1 aliphatic heterocycles. The number of amides is 1. The van der Waals surface area contributed by atoms with Crippen LogP contribution < -0.4 is 10.1 Å². The predicted octanol–water partition coefficient (Wildman–Crippen LogP) is 1.38. The van der Waals surface area contributed by atoms with E-state index in [1.165, 1.54) is 13.2 Å². The number of carbonyl (C=O) groups is 1. The second-order valence-corrected chi connectivity index (χ2v) is 6.02. The molecule has 1 saturated heterocycles. The maximum atomic E-state index is 12.2. The van der Waals surface area contributed by atoms with Gasteiger partial charge in [0, 0.05) is 31.5 Å². The summed E-state index contributed by atoms with van der Waals surface area (Å²) in [5.74, 6) is 1.55. The first-order valence-electron chi connectivity index (χ1n) is 8.01. The molecule has 1 amide bonds. The molecular formula is C17H22N4O3. The first kappa shape index (κ1) is 16.3. The highest BCUT2D eigenvalue weighted by Gasteiger charge is 2.24. The number of ether oxygens (including phenoxy) is 1. The minimum atomic E-state index is -0.264. The lowest BCUT2D eigenvalue weighted by Crippen LogP contribution is -2.31. The van der Waals surface area contributed by atoms with E-state index in [1.807, 2.05) is 6.20 Å². The van der Waals surface area contributed by atoms with Crippen LogP contribution in [-0.4, -0.2) is 52.6 Å². The number of likely N-dealkylation sites (tertiary alicyclic amines) is 1. The highest BCUT2D eigenvalue weighted by Crippen LogP contribution is 2.23. The van der Waals surface area contributed by atoms with Gasteiger partial charge >= 0.3 is 0 Å². The number of carbonyl (C=O) groups excluding carboxylic acids is 1. The summed E-state index contributed by atoms with van der Waals surface area (Å²) in [6, 6.07) is 4.67. The Morgan fingerprint density at radius 2 is 2.42 bits per heavy atom. The number of hydrogen-bond acceptors (Lipinski definition) is 5. The Morgan fingerprint density at radius 3 is 3.12 bits per heavy atom. The number of H-pyrrole nitrogens is 1.